The van der Waals surface area contributed by atoms with E-state index < -0.39 is 12.1 Å². The first-order valence-corrected chi connectivity index (χ1v) is 31.6. The predicted molar refractivity (Wildman–Crippen MR) is 306 cm³/mol. The largest absolute Gasteiger partial charge is 0.466 e. The Morgan fingerprint density at radius 1 is 0.386 bits per heavy atom. The van der Waals surface area contributed by atoms with Crippen LogP contribution >= 0.6 is 0 Å². The first-order valence-electron chi connectivity index (χ1n) is 31.6. The van der Waals surface area contributed by atoms with Crippen LogP contribution in [0.2, 0.25) is 0 Å². The van der Waals surface area contributed by atoms with E-state index in [4.69, 9.17) is 4.74 Å². The average Bonchev–Trinajstić information content (AvgIpc) is 3.36. The Morgan fingerprint density at radius 2 is 0.671 bits per heavy atom. The molecule has 2 atom stereocenters. The van der Waals surface area contributed by atoms with Gasteiger partial charge in [-0.05, 0) is 77.0 Å². The number of aliphatic hydroxyl groups is 2. The molecule has 0 saturated heterocycles. The summed E-state index contributed by atoms with van der Waals surface area (Å²) in [6.45, 7) is 4.89. The number of carbonyl (C=O) groups excluding carboxylic acids is 2. The molecule has 0 aliphatic carbocycles. The molecule has 0 aromatic heterocycles. The molecule has 0 aliphatic heterocycles. The van der Waals surface area contributed by atoms with E-state index in [1.165, 1.54) is 238 Å². The molecule has 0 heterocycles. The van der Waals surface area contributed by atoms with Crippen molar-refractivity contribution in [3.05, 3.63) is 24.3 Å². The molecule has 0 aromatic carbocycles. The number of amides is 1. The number of aliphatic hydroxyl groups excluding tert-OH is 2. The Morgan fingerprint density at radius 3 is 1.01 bits per heavy atom. The van der Waals surface area contributed by atoms with Crippen LogP contribution < -0.4 is 5.32 Å². The van der Waals surface area contributed by atoms with Crippen LogP contribution in [0.25, 0.3) is 0 Å². The van der Waals surface area contributed by atoms with E-state index in [-0.39, 0.29) is 18.5 Å². The molecule has 414 valence electrons. The number of rotatable bonds is 59. The molecule has 0 fully saturated rings. The van der Waals surface area contributed by atoms with Gasteiger partial charge in [-0.25, -0.2) is 0 Å². The monoisotopic (exact) mass is 986 g/mol. The van der Waals surface area contributed by atoms with Crippen LogP contribution in [-0.4, -0.2) is 47.4 Å². The highest BCUT2D eigenvalue weighted by Crippen LogP contribution is 2.18. The SMILES string of the molecule is CCCCCCCC/C=C\CCCCCCCCCCCC(=O)OCCCC/C=C\CCCCCCC(=O)NC(CO)C(O)CCCCCCCCCCCCCCCCCCCCCCCCCC. The zero-order chi connectivity index (χ0) is 50.7. The van der Waals surface area contributed by atoms with Crippen molar-refractivity contribution >= 4 is 11.9 Å². The van der Waals surface area contributed by atoms with Gasteiger partial charge in [-0.1, -0.05) is 282 Å². The molecule has 6 nitrogen and oxygen atoms in total. The van der Waals surface area contributed by atoms with Gasteiger partial charge in [0.1, 0.15) is 0 Å². The summed E-state index contributed by atoms with van der Waals surface area (Å²) in [5, 5.41) is 23.4. The number of hydrogen-bond donors (Lipinski definition) is 3. The molecule has 0 bridgehead atoms. The number of esters is 1. The van der Waals surface area contributed by atoms with Gasteiger partial charge in [-0.3, -0.25) is 9.59 Å². The second kappa shape index (κ2) is 59.9. The van der Waals surface area contributed by atoms with Crippen molar-refractivity contribution < 1.29 is 24.5 Å². The molecule has 0 aromatic rings. The van der Waals surface area contributed by atoms with Crippen LogP contribution in [0, 0.1) is 0 Å². The number of nitrogens with one attached hydrogen (secondary N) is 1. The minimum Gasteiger partial charge on any atom is -0.466 e. The molecular weight excluding hydrogens is 863 g/mol. The van der Waals surface area contributed by atoms with E-state index in [1.54, 1.807) is 0 Å². The van der Waals surface area contributed by atoms with Crippen molar-refractivity contribution in [1.29, 1.82) is 0 Å². The van der Waals surface area contributed by atoms with E-state index in [0.717, 1.165) is 77.0 Å². The fraction of sp³-hybridized carbons (Fsp3) is 0.906. The predicted octanol–water partition coefficient (Wildman–Crippen LogP) is 19.8. The zero-order valence-electron chi connectivity index (χ0n) is 47.3. The molecule has 6 heteroatoms. The summed E-state index contributed by atoms with van der Waals surface area (Å²) in [4.78, 5) is 24.6. The lowest BCUT2D eigenvalue weighted by atomic mass is 10.0. The van der Waals surface area contributed by atoms with E-state index >= 15 is 0 Å². The van der Waals surface area contributed by atoms with Gasteiger partial charge in [-0.15, -0.1) is 0 Å². The molecule has 0 radical (unpaired) electrons. The topological polar surface area (TPSA) is 95.9 Å². The van der Waals surface area contributed by atoms with Crippen molar-refractivity contribution in [2.24, 2.45) is 0 Å². The number of carbonyl (C=O) groups is 2. The van der Waals surface area contributed by atoms with Gasteiger partial charge in [0.2, 0.25) is 5.91 Å². The first-order chi connectivity index (χ1) is 34.5. The summed E-state index contributed by atoms with van der Waals surface area (Å²) in [5.74, 6) is -0.103. The van der Waals surface area contributed by atoms with Crippen LogP contribution in [0.4, 0.5) is 0 Å². The highest BCUT2D eigenvalue weighted by atomic mass is 16.5. The first kappa shape index (κ1) is 68.3. The van der Waals surface area contributed by atoms with E-state index in [2.05, 4.69) is 43.5 Å². The molecule has 0 saturated carbocycles. The van der Waals surface area contributed by atoms with Crippen LogP contribution in [0.3, 0.4) is 0 Å². The van der Waals surface area contributed by atoms with Gasteiger partial charge >= 0.3 is 5.97 Å². The van der Waals surface area contributed by atoms with Gasteiger partial charge in [0.05, 0.1) is 25.4 Å². The standard InChI is InChI=1S/C64H123NO5/c1-3-5-7-9-11-13-15-17-19-21-23-24-25-26-27-29-30-32-34-36-40-44-48-52-56-62(67)61(60-66)65-63(68)57-53-49-45-41-38-39-43-47-51-55-59-70-64(69)58-54-50-46-42-37-35-33-31-28-22-20-18-16-14-12-10-8-6-4-2/h18,20,39,43,61-62,66-67H,3-17,19,21-38,40-42,44-60H2,1-2H3,(H,65,68)/b20-18-,43-39-. The van der Waals surface area contributed by atoms with Gasteiger partial charge in [0, 0.05) is 12.8 Å². The number of ether oxygens (including phenoxy) is 1. The van der Waals surface area contributed by atoms with Gasteiger partial charge < -0.3 is 20.3 Å². The lowest BCUT2D eigenvalue weighted by molar-refractivity contribution is -0.143. The minimum atomic E-state index is -0.688. The van der Waals surface area contributed by atoms with E-state index in [0.29, 0.717) is 25.9 Å². The third kappa shape index (κ3) is 55.7. The van der Waals surface area contributed by atoms with E-state index in [1.807, 2.05) is 0 Å². The van der Waals surface area contributed by atoms with Crippen molar-refractivity contribution in [3.8, 4) is 0 Å². The molecule has 70 heavy (non-hydrogen) atoms. The minimum absolute atomic E-state index is 0.0355. The second-order valence-corrected chi connectivity index (χ2v) is 21.7. The van der Waals surface area contributed by atoms with Crippen LogP contribution in [0.5, 0.6) is 0 Å². The average molecular weight is 987 g/mol. The fourth-order valence-electron chi connectivity index (χ4n) is 9.87. The van der Waals surface area contributed by atoms with Crippen molar-refractivity contribution in [2.45, 2.75) is 360 Å². The Balaban J connectivity index is 3.48. The van der Waals surface area contributed by atoms with Crippen LogP contribution in [-0.2, 0) is 14.3 Å². The van der Waals surface area contributed by atoms with Gasteiger partial charge in [-0.2, -0.15) is 0 Å². The maximum Gasteiger partial charge on any atom is 0.305 e. The van der Waals surface area contributed by atoms with Crippen LogP contribution in [0.1, 0.15) is 348 Å². The third-order valence-corrected chi connectivity index (χ3v) is 14.7. The molecule has 3 N–H and O–H groups in total. The number of hydrogen-bond acceptors (Lipinski definition) is 5. The molecule has 0 spiro atoms. The molecule has 0 rings (SSSR count). The maximum atomic E-state index is 12.5. The second-order valence-electron chi connectivity index (χ2n) is 21.7. The smallest absolute Gasteiger partial charge is 0.305 e. The molecule has 1 amide bonds. The van der Waals surface area contributed by atoms with Crippen molar-refractivity contribution in [1.82, 2.24) is 5.32 Å². The van der Waals surface area contributed by atoms with Gasteiger partial charge in [0.25, 0.3) is 0 Å². The number of allylic oxidation sites excluding steroid dienone is 4. The summed E-state index contributed by atoms with van der Waals surface area (Å²) in [6.07, 6.45) is 73.4. The molecule has 0 aliphatic rings. The lowest BCUT2D eigenvalue weighted by Gasteiger charge is -2.22. The quantitative estimate of drug-likeness (QED) is 0.0321. The lowest BCUT2D eigenvalue weighted by Crippen LogP contribution is -2.45. The Kier molecular flexibility index (Phi) is 58.5. The third-order valence-electron chi connectivity index (χ3n) is 14.7. The van der Waals surface area contributed by atoms with E-state index in [9.17, 15) is 19.8 Å². The van der Waals surface area contributed by atoms with Crippen LogP contribution in [0.15, 0.2) is 24.3 Å². The normalized spacial score (nSPS) is 12.7. The highest BCUT2D eigenvalue weighted by molar-refractivity contribution is 5.76. The van der Waals surface area contributed by atoms with Gasteiger partial charge in [0.15, 0.2) is 0 Å². The Labute approximate surface area is 437 Å². The fourth-order valence-corrected chi connectivity index (χ4v) is 9.87. The summed E-state index contributed by atoms with van der Waals surface area (Å²) >= 11 is 0. The maximum absolute atomic E-state index is 12.5. The van der Waals surface area contributed by atoms with Crippen molar-refractivity contribution in [2.75, 3.05) is 13.2 Å². The Bertz CT molecular complexity index is 1090. The summed E-state index contributed by atoms with van der Waals surface area (Å²) < 4.78 is 5.46. The molecular formula is C64H123NO5. The summed E-state index contributed by atoms with van der Waals surface area (Å²) in [7, 11) is 0. The highest BCUT2D eigenvalue weighted by Gasteiger charge is 2.20. The zero-order valence-corrected chi connectivity index (χ0v) is 47.3. The summed E-state index contributed by atoms with van der Waals surface area (Å²) in [5.41, 5.74) is 0. The Hall–Kier alpha value is -1.66. The summed E-state index contributed by atoms with van der Waals surface area (Å²) in [6, 6.07) is -0.568. The van der Waals surface area contributed by atoms with Crippen molar-refractivity contribution in [3.63, 3.8) is 0 Å². The number of unbranched alkanes of at least 4 members (excludes halogenated alkanes) is 44. The molecule has 2 unspecified atom stereocenters.